The van der Waals surface area contributed by atoms with E-state index >= 15 is 0 Å². The first kappa shape index (κ1) is 13.9. The number of benzene rings is 2. The molecule has 0 spiro atoms. The van der Waals surface area contributed by atoms with Crippen LogP contribution in [0.1, 0.15) is 31.2 Å². The van der Waals surface area contributed by atoms with Crippen molar-refractivity contribution in [3.8, 4) is 5.75 Å². The van der Waals surface area contributed by atoms with Crippen molar-refractivity contribution in [2.45, 2.75) is 32.1 Å². The Morgan fingerprint density at radius 1 is 0.895 bits per heavy atom. The summed E-state index contributed by atoms with van der Waals surface area (Å²) in [6.45, 7) is 0.817. The zero-order valence-corrected chi connectivity index (χ0v) is 11.7. The molecule has 0 fully saturated rings. The Kier molecular flexibility index (Phi) is 5.22. The van der Waals surface area contributed by atoms with Crippen molar-refractivity contribution >= 4 is 10.8 Å². The monoisotopic (exact) mass is 257 g/mol. The van der Waals surface area contributed by atoms with Gasteiger partial charge in [0.25, 0.3) is 0 Å². The molecule has 19 heavy (non-hydrogen) atoms. The van der Waals surface area contributed by atoms with Crippen molar-refractivity contribution in [2.75, 3.05) is 13.7 Å². The van der Waals surface area contributed by atoms with Crippen molar-refractivity contribution in [3.63, 3.8) is 0 Å². The molecule has 0 bridgehead atoms. The average Bonchev–Trinajstić information content (AvgIpc) is 2.46. The van der Waals surface area contributed by atoms with Crippen molar-refractivity contribution in [1.29, 1.82) is 0 Å². The molecule has 0 aliphatic rings. The van der Waals surface area contributed by atoms with Gasteiger partial charge in [-0.1, -0.05) is 37.1 Å². The van der Waals surface area contributed by atoms with Gasteiger partial charge in [-0.3, -0.25) is 0 Å². The van der Waals surface area contributed by atoms with E-state index in [-0.39, 0.29) is 0 Å². The number of rotatable bonds is 7. The summed E-state index contributed by atoms with van der Waals surface area (Å²) in [4.78, 5) is 0. The topological polar surface area (TPSA) is 35.2 Å². The smallest absolute Gasteiger partial charge is 0.119 e. The first-order chi connectivity index (χ1) is 9.33. The quantitative estimate of drug-likeness (QED) is 0.763. The van der Waals surface area contributed by atoms with Crippen molar-refractivity contribution in [1.82, 2.24) is 0 Å². The fourth-order valence-corrected chi connectivity index (χ4v) is 2.38. The molecule has 102 valence electrons. The lowest BCUT2D eigenvalue weighted by Gasteiger charge is -2.06. The minimum atomic E-state index is 0.817. The van der Waals surface area contributed by atoms with Gasteiger partial charge >= 0.3 is 0 Å². The summed E-state index contributed by atoms with van der Waals surface area (Å²) in [5, 5.41) is 2.53. The van der Waals surface area contributed by atoms with Gasteiger partial charge in [-0.05, 0) is 54.3 Å². The van der Waals surface area contributed by atoms with E-state index in [0.717, 1.165) is 25.1 Å². The highest BCUT2D eigenvalue weighted by molar-refractivity contribution is 5.84. The summed E-state index contributed by atoms with van der Waals surface area (Å²) in [6.07, 6.45) is 6.09. The molecule has 2 rings (SSSR count). The van der Waals surface area contributed by atoms with Crippen LogP contribution in [0.15, 0.2) is 36.4 Å². The summed E-state index contributed by atoms with van der Waals surface area (Å²) in [6, 6.07) is 12.9. The molecule has 0 atom stereocenters. The average molecular weight is 257 g/mol. The molecule has 2 heteroatoms. The lowest BCUT2D eigenvalue weighted by Crippen LogP contribution is -1.97. The second-order valence-corrected chi connectivity index (χ2v) is 5.00. The molecule has 0 unspecified atom stereocenters. The summed E-state index contributed by atoms with van der Waals surface area (Å²) in [5.41, 5.74) is 6.92. The normalized spacial score (nSPS) is 10.8. The Labute approximate surface area is 115 Å². The van der Waals surface area contributed by atoms with Crippen LogP contribution in [0.5, 0.6) is 5.75 Å². The maximum absolute atomic E-state index is 5.50. The van der Waals surface area contributed by atoms with E-state index in [4.69, 9.17) is 10.5 Å². The Balaban J connectivity index is 1.97. The molecule has 0 heterocycles. The second-order valence-electron chi connectivity index (χ2n) is 5.00. The fourth-order valence-electron chi connectivity index (χ4n) is 2.38. The second kappa shape index (κ2) is 7.15. The van der Waals surface area contributed by atoms with E-state index in [1.165, 1.54) is 35.6 Å². The minimum absolute atomic E-state index is 0.817. The van der Waals surface area contributed by atoms with Crippen LogP contribution in [0.2, 0.25) is 0 Å². The van der Waals surface area contributed by atoms with Gasteiger partial charge in [0.05, 0.1) is 7.11 Å². The Morgan fingerprint density at radius 2 is 1.63 bits per heavy atom. The van der Waals surface area contributed by atoms with Gasteiger partial charge in [0.2, 0.25) is 0 Å². The highest BCUT2D eigenvalue weighted by atomic mass is 16.5. The van der Waals surface area contributed by atoms with Crippen LogP contribution in [0.25, 0.3) is 10.8 Å². The summed E-state index contributed by atoms with van der Waals surface area (Å²) in [5.74, 6) is 0.919. The first-order valence-electron chi connectivity index (χ1n) is 7.10. The van der Waals surface area contributed by atoms with Crippen LogP contribution in [0, 0.1) is 0 Å². The molecule has 0 saturated carbocycles. The third-order valence-corrected chi connectivity index (χ3v) is 3.53. The van der Waals surface area contributed by atoms with E-state index in [1.807, 2.05) is 6.07 Å². The summed E-state index contributed by atoms with van der Waals surface area (Å²) >= 11 is 0. The van der Waals surface area contributed by atoms with E-state index in [9.17, 15) is 0 Å². The zero-order valence-electron chi connectivity index (χ0n) is 11.7. The fraction of sp³-hybridized carbons (Fsp3) is 0.412. The van der Waals surface area contributed by atoms with Crippen LogP contribution >= 0.6 is 0 Å². The summed E-state index contributed by atoms with van der Waals surface area (Å²) < 4.78 is 5.24. The predicted molar refractivity (Wildman–Crippen MR) is 81.7 cm³/mol. The molecule has 0 aliphatic carbocycles. The van der Waals surface area contributed by atoms with Gasteiger partial charge in [0, 0.05) is 0 Å². The Morgan fingerprint density at radius 3 is 2.42 bits per heavy atom. The van der Waals surface area contributed by atoms with Crippen LogP contribution < -0.4 is 10.5 Å². The zero-order chi connectivity index (χ0) is 13.5. The highest BCUT2D eigenvalue weighted by Gasteiger charge is 1.99. The van der Waals surface area contributed by atoms with Crippen LogP contribution in [-0.2, 0) is 6.42 Å². The Bertz CT molecular complexity index is 522. The summed E-state index contributed by atoms with van der Waals surface area (Å²) in [7, 11) is 1.71. The van der Waals surface area contributed by atoms with Gasteiger partial charge in [0.1, 0.15) is 5.75 Å². The standard InChI is InChI=1S/C17H23NO/c1-19-17-10-9-15-12-14(7-8-16(15)13-17)6-4-2-3-5-11-18/h7-10,12-13H,2-6,11,18H2,1H3. The molecule has 0 aromatic heterocycles. The number of hydrogen-bond acceptors (Lipinski definition) is 2. The molecule has 0 aliphatic heterocycles. The Hall–Kier alpha value is -1.54. The molecule has 0 saturated heterocycles. The largest absolute Gasteiger partial charge is 0.497 e. The number of fused-ring (bicyclic) bond motifs is 1. The lowest BCUT2D eigenvalue weighted by atomic mass is 10.0. The lowest BCUT2D eigenvalue weighted by molar-refractivity contribution is 0.415. The number of methoxy groups -OCH3 is 1. The van der Waals surface area contributed by atoms with Crippen molar-refractivity contribution < 1.29 is 4.74 Å². The van der Waals surface area contributed by atoms with E-state index < -0.39 is 0 Å². The number of hydrogen-bond donors (Lipinski definition) is 1. The van der Waals surface area contributed by atoms with Gasteiger partial charge in [-0.15, -0.1) is 0 Å². The molecular formula is C17H23NO. The third kappa shape index (κ3) is 3.97. The van der Waals surface area contributed by atoms with E-state index in [1.54, 1.807) is 7.11 Å². The van der Waals surface area contributed by atoms with Crippen LogP contribution in [-0.4, -0.2) is 13.7 Å². The number of unbranched alkanes of at least 4 members (excludes halogenated alkanes) is 3. The molecule has 2 aromatic rings. The van der Waals surface area contributed by atoms with Crippen LogP contribution in [0.3, 0.4) is 0 Å². The predicted octanol–water partition coefficient (Wildman–Crippen LogP) is 3.91. The molecule has 2 N–H and O–H groups in total. The van der Waals surface area contributed by atoms with E-state index in [0.29, 0.717) is 0 Å². The number of ether oxygens (including phenoxy) is 1. The molecule has 0 radical (unpaired) electrons. The van der Waals surface area contributed by atoms with Crippen LogP contribution in [0.4, 0.5) is 0 Å². The number of aryl methyl sites for hydroxylation is 1. The van der Waals surface area contributed by atoms with Gasteiger partial charge < -0.3 is 10.5 Å². The number of nitrogens with two attached hydrogens (primary N) is 1. The SMILES string of the molecule is COc1ccc2cc(CCCCCCN)ccc2c1. The van der Waals surface area contributed by atoms with Gasteiger partial charge in [0.15, 0.2) is 0 Å². The first-order valence-corrected chi connectivity index (χ1v) is 7.10. The third-order valence-electron chi connectivity index (χ3n) is 3.53. The van der Waals surface area contributed by atoms with Crippen molar-refractivity contribution in [3.05, 3.63) is 42.0 Å². The van der Waals surface area contributed by atoms with E-state index in [2.05, 4.69) is 30.3 Å². The maximum atomic E-state index is 5.50. The molecule has 2 aromatic carbocycles. The highest BCUT2D eigenvalue weighted by Crippen LogP contribution is 2.22. The molecular weight excluding hydrogens is 234 g/mol. The van der Waals surface area contributed by atoms with Crippen molar-refractivity contribution in [2.24, 2.45) is 5.73 Å². The van der Waals surface area contributed by atoms with Gasteiger partial charge in [-0.25, -0.2) is 0 Å². The van der Waals surface area contributed by atoms with Gasteiger partial charge in [-0.2, -0.15) is 0 Å². The maximum Gasteiger partial charge on any atom is 0.119 e. The molecule has 2 nitrogen and oxygen atoms in total. The minimum Gasteiger partial charge on any atom is -0.497 e. The molecule has 0 amide bonds.